The molecule has 0 unspecified atom stereocenters. The van der Waals surface area contributed by atoms with Crippen LogP contribution in [0.4, 0.5) is 5.69 Å². The van der Waals surface area contributed by atoms with Gasteiger partial charge in [0.05, 0.1) is 26.0 Å². The van der Waals surface area contributed by atoms with E-state index >= 15 is 0 Å². The van der Waals surface area contributed by atoms with Crippen molar-refractivity contribution >= 4 is 32.6 Å². The summed E-state index contributed by atoms with van der Waals surface area (Å²) in [4.78, 5) is 1.82. The minimum atomic E-state index is -4.08. The Hall–Kier alpha value is -3.46. The highest BCUT2D eigenvalue weighted by atomic mass is 32.2. The van der Waals surface area contributed by atoms with Gasteiger partial charge in [0.15, 0.2) is 11.2 Å². The molecule has 0 aliphatic carbocycles. The van der Waals surface area contributed by atoms with Gasteiger partial charge in [0, 0.05) is 32.4 Å². The van der Waals surface area contributed by atoms with Gasteiger partial charge < -0.3 is 34.4 Å². The molecule has 1 aliphatic heterocycles. The second-order valence-electron chi connectivity index (χ2n) is 10.2. The molecule has 1 saturated heterocycles. The van der Waals surface area contributed by atoms with Crippen molar-refractivity contribution in [3.63, 3.8) is 0 Å². The van der Waals surface area contributed by atoms with Crippen LogP contribution in [0.5, 0.6) is 0 Å². The molecule has 44 heavy (non-hydrogen) atoms. The van der Waals surface area contributed by atoms with Crippen LogP contribution in [0, 0.1) is 11.3 Å². The zero-order valence-electron chi connectivity index (χ0n) is 24.8. The molecule has 1 aromatic heterocycles. The van der Waals surface area contributed by atoms with Crippen LogP contribution in [0.3, 0.4) is 0 Å². The Kier molecular flexibility index (Phi) is 11.4. The van der Waals surface area contributed by atoms with E-state index in [0.717, 1.165) is 29.5 Å². The first-order valence-electron chi connectivity index (χ1n) is 14.2. The number of hydrogen-bond acceptors (Lipinski definition) is 12. The first-order valence-corrected chi connectivity index (χ1v) is 15.7. The summed E-state index contributed by atoms with van der Waals surface area (Å²) < 4.78 is 45.3. The monoisotopic (exact) mass is 630 g/mol. The van der Waals surface area contributed by atoms with Gasteiger partial charge in [-0.3, -0.25) is 0 Å². The number of benzene rings is 2. The first-order chi connectivity index (χ1) is 21.1. The number of methoxy groups -OCH3 is 1. The number of aliphatic hydroxyl groups is 3. The molecule has 5 atom stereocenters. The molecule has 4 N–H and O–H groups in total. The van der Waals surface area contributed by atoms with Crippen molar-refractivity contribution in [2.45, 2.75) is 57.7 Å². The topological polar surface area (TPSA) is 192 Å². The Balaban J connectivity index is 1.28. The van der Waals surface area contributed by atoms with Gasteiger partial charge in [0.25, 0.3) is 10.0 Å². The number of nitrogens with zero attached hydrogens (tertiary/aromatic N) is 5. The number of nitrogens with one attached hydrogen (secondary N) is 1. The molecule has 0 saturated carbocycles. The predicted octanol–water partition coefficient (Wildman–Crippen LogP) is 0.732. The van der Waals surface area contributed by atoms with E-state index in [1.54, 1.807) is 18.3 Å². The molecule has 3 aromatic rings. The largest absolute Gasteiger partial charge is 0.388 e. The van der Waals surface area contributed by atoms with Gasteiger partial charge in [-0.15, -0.1) is 5.10 Å². The van der Waals surface area contributed by atoms with Crippen LogP contribution in [0.25, 0.3) is 16.8 Å². The minimum Gasteiger partial charge on any atom is -0.388 e. The molecule has 0 spiro atoms. The van der Waals surface area contributed by atoms with Crippen molar-refractivity contribution in [1.82, 2.24) is 19.7 Å². The zero-order valence-corrected chi connectivity index (χ0v) is 25.6. The number of ether oxygens (including phenoxy) is 3. The normalized spacial score (nSPS) is 22.7. The Morgan fingerprint density at radius 3 is 2.57 bits per heavy atom. The van der Waals surface area contributed by atoms with Gasteiger partial charge in [-0.25, -0.2) is 17.8 Å². The molecule has 1 aliphatic rings. The number of nitriles is 1. The maximum atomic E-state index is 12.8. The summed E-state index contributed by atoms with van der Waals surface area (Å²) in [5.41, 5.74) is 2.13. The number of anilines is 1. The van der Waals surface area contributed by atoms with Crippen LogP contribution in [-0.4, -0.2) is 103 Å². The van der Waals surface area contributed by atoms with Gasteiger partial charge >= 0.3 is 0 Å². The van der Waals surface area contributed by atoms with Gasteiger partial charge in [0.1, 0.15) is 36.2 Å². The molecule has 15 heteroatoms. The second-order valence-corrected chi connectivity index (χ2v) is 12.0. The number of sulfonamides is 1. The summed E-state index contributed by atoms with van der Waals surface area (Å²) in [6, 6.07) is 13.4. The number of fused-ring (bicyclic) bond motifs is 1. The standard InChI is InChI=1S/C29H38N6O8S/c1-4-34(5-2)23-9-8-20-12-19(6-7-21(20)14-23)13-24(15-30)44(39,40)31-10-11-42-18-22-16-35(33-32-22)17-25-26(36)27(37)28(38)29(41-3)43-25/h6-9,12-14,16,25-29,31,36-38H,4-5,10-11,17-18H2,1-3H3/b24-13+/t25-,26-,27+,28-,29+/m1/s1. The zero-order chi connectivity index (χ0) is 31.9. The van der Waals surface area contributed by atoms with E-state index in [9.17, 15) is 29.0 Å². The fourth-order valence-corrected chi connectivity index (χ4v) is 5.81. The molecule has 2 aromatic carbocycles. The molecule has 0 radical (unpaired) electrons. The number of aromatic nitrogens is 3. The lowest BCUT2D eigenvalue weighted by atomic mass is 9.99. The third-order valence-corrected chi connectivity index (χ3v) is 8.69. The average Bonchev–Trinajstić information content (AvgIpc) is 3.47. The molecular formula is C29H38N6O8S. The van der Waals surface area contributed by atoms with Gasteiger partial charge in [-0.2, -0.15) is 5.26 Å². The van der Waals surface area contributed by atoms with Crippen molar-refractivity contribution in [3.05, 3.63) is 58.8 Å². The summed E-state index contributed by atoms with van der Waals surface area (Å²) in [7, 11) is -2.77. The lowest BCUT2D eigenvalue weighted by Crippen LogP contribution is -2.58. The van der Waals surface area contributed by atoms with Crippen molar-refractivity contribution in [3.8, 4) is 6.07 Å². The number of allylic oxidation sites excluding steroid dienone is 1. The summed E-state index contributed by atoms with van der Waals surface area (Å²) >= 11 is 0. The third-order valence-electron chi connectivity index (χ3n) is 7.32. The number of hydrogen-bond donors (Lipinski definition) is 4. The summed E-state index contributed by atoms with van der Waals surface area (Å²) in [6.45, 7) is 5.94. The molecule has 0 bridgehead atoms. The summed E-state index contributed by atoms with van der Waals surface area (Å²) in [5.74, 6) is 0. The van der Waals surface area contributed by atoms with Gasteiger partial charge in [-0.1, -0.05) is 23.4 Å². The summed E-state index contributed by atoms with van der Waals surface area (Å²) in [5, 5.41) is 49.6. The van der Waals surface area contributed by atoms with E-state index in [4.69, 9.17) is 14.2 Å². The van der Waals surface area contributed by atoms with E-state index < -0.39 is 45.6 Å². The van der Waals surface area contributed by atoms with E-state index in [-0.39, 0.29) is 26.3 Å². The predicted molar refractivity (Wildman–Crippen MR) is 161 cm³/mol. The van der Waals surface area contributed by atoms with E-state index in [1.165, 1.54) is 17.9 Å². The van der Waals surface area contributed by atoms with Crippen LogP contribution in [0.2, 0.25) is 0 Å². The highest BCUT2D eigenvalue weighted by molar-refractivity contribution is 7.93. The molecule has 0 amide bonds. The van der Waals surface area contributed by atoms with Crippen molar-refractivity contribution in [2.75, 3.05) is 38.3 Å². The van der Waals surface area contributed by atoms with Crippen LogP contribution in [0.15, 0.2) is 47.5 Å². The fraction of sp³-hybridized carbons (Fsp3) is 0.483. The van der Waals surface area contributed by atoms with Crippen molar-refractivity contribution < 1.29 is 37.9 Å². The fourth-order valence-electron chi connectivity index (χ4n) is 4.89. The smallest absolute Gasteiger partial charge is 0.250 e. The van der Waals surface area contributed by atoms with Crippen LogP contribution < -0.4 is 9.62 Å². The van der Waals surface area contributed by atoms with E-state index in [0.29, 0.717) is 11.3 Å². The van der Waals surface area contributed by atoms with Gasteiger partial charge in [0.2, 0.25) is 0 Å². The maximum absolute atomic E-state index is 12.8. The molecular weight excluding hydrogens is 592 g/mol. The van der Waals surface area contributed by atoms with E-state index in [1.807, 2.05) is 24.3 Å². The SMILES string of the molecule is CCN(CC)c1ccc2cc(/C=C(\C#N)S(=O)(=O)NCCOCc3cn(C[C@H]4O[C@H](OC)[C@H](O)[C@@H](O)[C@@H]4O)nn3)ccc2c1. The third kappa shape index (κ3) is 7.97. The molecule has 14 nitrogen and oxygen atoms in total. The first kappa shape index (κ1) is 33.4. The van der Waals surface area contributed by atoms with Crippen LogP contribution in [0.1, 0.15) is 25.1 Å². The Labute approximate surface area is 256 Å². The number of rotatable bonds is 14. The van der Waals surface area contributed by atoms with Crippen LogP contribution >= 0.6 is 0 Å². The Morgan fingerprint density at radius 2 is 1.86 bits per heavy atom. The highest BCUT2D eigenvalue weighted by Gasteiger charge is 2.44. The minimum absolute atomic E-state index is 0.000304. The van der Waals surface area contributed by atoms with Crippen molar-refractivity contribution in [2.24, 2.45) is 0 Å². The molecule has 4 rings (SSSR count). The lowest BCUT2D eigenvalue weighted by Gasteiger charge is -2.39. The van der Waals surface area contributed by atoms with E-state index in [2.05, 4.69) is 39.8 Å². The summed E-state index contributed by atoms with van der Waals surface area (Å²) in [6.07, 6.45) is -3.36. The molecule has 1 fully saturated rings. The van der Waals surface area contributed by atoms with Crippen molar-refractivity contribution in [1.29, 1.82) is 5.26 Å². The maximum Gasteiger partial charge on any atom is 0.250 e. The second kappa shape index (κ2) is 15.0. The average molecular weight is 631 g/mol. The molecule has 238 valence electrons. The highest BCUT2D eigenvalue weighted by Crippen LogP contribution is 2.25. The molecule has 2 heterocycles. The Bertz CT molecular complexity index is 1580. The quantitative estimate of drug-likeness (QED) is 0.144. The van der Waals surface area contributed by atoms with Gasteiger partial charge in [-0.05, 0) is 54.5 Å². The number of aliphatic hydroxyl groups excluding tert-OH is 3. The lowest BCUT2D eigenvalue weighted by molar-refractivity contribution is -0.292. The Morgan fingerprint density at radius 1 is 1.14 bits per heavy atom. The van der Waals surface area contributed by atoms with Crippen LogP contribution in [-0.2, 0) is 37.4 Å².